The Kier molecular flexibility index (Phi) is 7.01. The first-order valence-corrected chi connectivity index (χ1v) is 10.1. The molecular weight excluding hydrogens is 429 g/mol. The van der Waals surface area contributed by atoms with Crippen molar-refractivity contribution in [3.05, 3.63) is 57.5 Å². The topological polar surface area (TPSA) is 68.0 Å². The van der Waals surface area contributed by atoms with Gasteiger partial charge < -0.3 is 4.42 Å². The van der Waals surface area contributed by atoms with E-state index in [0.717, 1.165) is 10.6 Å². The molecule has 27 heavy (non-hydrogen) atoms. The van der Waals surface area contributed by atoms with E-state index in [1.165, 1.54) is 0 Å². The van der Waals surface area contributed by atoms with E-state index in [2.05, 4.69) is 15.5 Å². The van der Waals surface area contributed by atoms with Gasteiger partial charge in [-0.15, -0.1) is 16.9 Å². The molecule has 0 saturated carbocycles. The molecule has 2 aromatic carbocycles. The summed E-state index contributed by atoms with van der Waals surface area (Å²) < 4.78 is 5.45. The summed E-state index contributed by atoms with van der Waals surface area (Å²) >= 11 is 19.6. The minimum atomic E-state index is -0.195. The van der Waals surface area contributed by atoms with Crippen molar-refractivity contribution in [2.45, 2.75) is 17.7 Å². The molecule has 1 N–H and O–H groups in total. The number of carbonyl (C=O) groups is 1. The number of amides is 1. The van der Waals surface area contributed by atoms with Gasteiger partial charge >= 0.3 is 6.01 Å². The number of thioether (sulfide) groups is 1. The van der Waals surface area contributed by atoms with Crippen molar-refractivity contribution in [1.82, 2.24) is 10.2 Å². The van der Waals surface area contributed by atoms with E-state index >= 15 is 0 Å². The molecule has 0 atom stereocenters. The quantitative estimate of drug-likeness (QED) is 0.348. The van der Waals surface area contributed by atoms with Gasteiger partial charge in [-0.1, -0.05) is 39.9 Å². The van der Waals surface area contributed by atoms with E-state index in [9.17, 15) is 4.79 Å². The number of rotatable bonds is 7. The summed E-state index contributed by atoms with van der Waals surface area (Å²) in [5, 5.41) is 11.9. The number of benzene rings is 2. The number of carbonyl (C=O) groups excluding carboxylic acids is 1. The summed E-state index contributed by atoms with van der Waals surface area (Å²) in [6.45, 7) is 0. The van der Waals surface area contributed by atoms with Gasteiger partial charge in [-0.25, -0.2) is 0 Å². The number of aromatic nitrogens is 2. The van der Waals surface area contributed by atoms with Crippen molar-refractivity contribution >= 4 is 58.5 Å². The third-order valence-corrected chi connectivity index (χ3v) is 5.38. The van der Waals surface area contributed by atoms with Crippen molar-refractivity contribution in [3.8, 4) is 11.5 Å². The van der Waals surface area contributed by atoms with Crippen molar-refractivity contribution in [1.29, 1.82) is 0 Å². The first-order chi connectivity index (χ1) is 13.0. The zero-order valence-electron chi connectivity index (χ0n) is 13.9. The van der Waals surface area contributed by atoms with Gasteiger partial charge in [0.1, 0.15) is 0 Å². The molecule has 0 aliphatic rings. The Hall–Kier alpha value is -1.73. The maximum atomic E-state index is 12.0. The lowest BCUT2D eigenvalue weighted by atomic mass is 10.2. The summed E-state index contributed by atoms with van der Waals surface area (Å²) in [6, 6.07) is 12.5. The van der Waals surface area contributed by atoms with Crippen LogP contribution in [-0.4, -0.2) is 21.9 Å². The fraction of sp³-hybridized carbons (Fsp3) is 0.167. The standard InChI is InChI=1S/C18H14Cl3N3O2S/c19-11-3-6-13(7-4-11)27-9-1-2-16(25)22-18-24-23-17(26-18)14-10-12(20)5-8-15(14)21/h3-8,10H,1-2,9H2,(H,22,24,25). The predicted molar refractivity (Wildman–Crippen MR) is 110 cm³/mol. The van der Waals surface area contributed by atoms with Gasteiger partial charge in [-0.05, 0) is 54.6 Å². The second-order valence-electron chi connectivity index (χ2n) is 5.49. The summed E-state index contributed by atoms with van der Waals surface area (Å²) in [5.74, 6) is 0.803. The van der Waals surface area contributed by atoms with Crippen LogP contribution in [0.3, 0.4) is 0 Å². The molecule has 1 heterocycles. The largest absolute Gasteiger partial charge is 0.403 e. The average molecular weight is 443 g/mol. The Labute approximate surface area is 175 Å². The molecule has 3 rings (SSSR count). The molecule has 5 nitrogen and oxygen atoms in total. The van der Waals surface area contributed by atoms with Gasteiger partial charge in [0.2, 0.25) is 5.91 Å². The molecule has 0 aliphatic heterocycles. The first-order valence-electron chi connectivity index (χ1n) is 7.98. The third kappa shape index (κ3) is 5.87. The minimum Gasteiger partial charge on any atom is -0.403 e. The zero-order chi connectivity index (χ0) is 19.2. The maximum absolute atomic E-state index is 12.0. The Morgan fingerprint density at radius 2 is 1.78 bits per heavy atom. The fourth-order valence-electron chi connectivity index (χ4n) is 2.18. The summed E-state index contributed by atoms with van der Waals surface area (Å²) in [6.07, 6.45) is 1.05. The van der Waals surface area contributed by atoms with Gasteiger partial charge in [-0.2, -0.15) is 0 Å². The summed E-state index contributed by atoms with van der Waals surface area (Å²) in [4.78, 5) is 13.1. The van der Waals surface area contributed by atoms with Crippen LogP contribution in [0.5, 0.6) is 0 Å². The monoisotopic (exact) mass is 441 g/mol. The Morgan fingerprint density at radius 1 is 1.04 bits per heavy atom. The second kappa shape index (κ2) is 9.46. The van der Waals surface area contributed by atoms with Crippen molar-refractivity contribution < 1.29 is 9.21 Å². The molecule has 0 fully saturated rings. The molecular formula is C18H14Cl3N3O2S. The molecule has 1 aromatic heterocycles. The number of hydrogen-bond donors (Lipinski definition) is 1. The van der Waals surface area contributed by atoms with Crippen LogP contribution in [0.25, 0.3) is 11.5 Å². The van der Waals surface area contributed by atoms with E-state index in [1.807, 2.05) is 24.3 Å². The van der Waals surface area contributed by atoms with Gasteiger partial charge in [0.05, 0.1) is 10.6 Å². The number of anilines is 1. The molecule has 9 heteroatoms. The first kappa shape index (κ1) is 20.0. The summed E-state index contributed by atoms with van der Waals surface area (Å²) in [5.41, 5.74) is 0.511. The highest BCUT2D eigenvalue weighted by molar-refractivity contribution is 7.99. The van der Waals surface area contributed by atoms with Crippen molar-refractivity contribution in [2.75, 3.05) is 11.1 Å². The average Bonchev–Trinajstić information content (AvgIpc) is 3.10. The summed E-state index contributed by atoms with van der Waals surface area (Å²) in [7, 11) is 0. The van der Waals surface area contributed by atoms with Crippen molar-refractivity contribution in [2.24, 2.45) is 0 Å². The highest BCUT2D eigenvalue weighted by Crippen LogP contribution is 2.30. The van der Waals surface area contributed by atoms with Crippen LogP contribution in [0, 0.1) is 0 Å². The van der Waals surface area contributed by atoms with E-state index in [4.69, 9.17) is 39.2 Å². The van der Waals surface area contributed by atoms with Gasteiger partial charge in [0.25, 0.3) is 5.89 Å². The van der Waals surface area contributed by atoms with Crippen LogP contribution in [0.15, 0.2) is 51.8 Å². The molecule has 1 amide bonds. The molecule has 0 saturated heterocycles. The number of halogens is 3. The zero-order valence-corrected chi connectivity index (χ0v) is 17.0. The fourth-order valence-corrected chi connectivity index (χ4v) is 3.53. The van der Waals surface area contributed by atoms with E-state index in [-0.39, 0.29) is 17.8 Å². The highest BCUT2D eigenvalue weighted by Gasteiger charge is 2.14. The Balaban J connectivity index is 1.48. The van der Waals surface area contributed by atoms with Gasteiger partial charge in [0.15, 0.2) is 0 Å². The van der Waals surface area contributed by atoms with E-state index in [1.54, 1.807) is 30.0 Å². The lowest BCUT2D eigenvalue weighted by Crippen LogP contribution is -2.11. The second-order valence-corrected chi connectivity index (χ2v) is 7.94. The number of nitrogens with zero attached hydrogens (tertiary/aromatic N) is 2. The van der Waals surface area contributed by atoms with Crippen LogP contribution in [-0.2, 0) is 4.79 Å². The van der Waals surface area contributed by atoms with Gasteiger partial charge in [-0.3, -0.25) is 10.1 Å². The highest BCUT2D eigenvalue weighted by atomic mass is 35.5. The maximum Gasteiger partial charge on any atom is 0.322 e. The SMILES string of the molecule is O=C(CCCSc1ccc(Cl)cc1)Nc1nnc(-c2cc(Cl)ccc2Cl)o1. The molecule has 0 radical (unpaired) electrons. The number of nitrogens with one attached hydrogen (secondary N) is 1. The third-order valence-electron chi connectivity index (χ3n) is 3.46. The molecule has 0 bridgehead atoms. The van der Waals surface area contributed by atoms with Crippen LogP contribution in [0.1, 0.15) is 12.8 Å². The predicted octanol–water partition coefficient (Wildman–Crippen LogP) is 6.21. The van der Waals surface area contributed by atoms with Gasteiger partial charge in [0, 0.05) is 21.4 Å². The Bertz CT molecular complexity index is 932. The lowest BCUT2D eigenvalue weighted by Gasteiger charge is -2.02. The van der Waals surface area contributed by atoms with Crippen molar-refractivity contribution in [3.63, 3.8) is 0 Å². The number of hydrogen-bond acceptors (Lipinski definition) is 5. The smallest absolute Gasteiger partial charge is 0.322 e. The molecule has 0 aliphatic carbocycles. The van der Waals surface area contributed by atoms with Crippen LogP contribution < -0.4 is 5.32 Å². The van der Waals surface area contributed by atoms with E-state index in [0.29, 0.717) is 33.5 Å². The Morgan fingerprint density at radius 3 is 2.56 bits per heavy atom. The lowest BCUT2D eigenvalue weighted by molar-refractivity contribution is -0.116. The van der Waals surface area contributed by atoms with Crippen LogP contribution in [0.2, 0.25) is 15.1 Å². The van der Waals surface area contributed by atoms with Crippen LogP contribution in [0.4, 0.5) is 6.01 Å². The van der Waals surface area contributed by atoms with Crippen LogP contribution >= 0.6 is 46.6 Å². The molecule has 0 spiro atoms. The normalized spacial score (nSPS) is 10.8. The molecule has 3 aromatic rings. The minimum absolute atomic E-state index is 0.0244. The molecule has 0 unspecified atom stereocenters. The molecule has 140 valence electrons. The van der Waals surface area contributed by atoms with E-state index < -0.39 is 0 Å².